The van der Waals surface area contributed by atoms with E-state index < -0.39 is 49.4 Å². The molecule has 1 aromatic rings. The summed E-state index contributed by atoms with van der Waals surface area (Å²) in [6.45, 7) is 2.88. The summed E-state index contributed by atoms with van der Waals surface area (Å²) in [4.78, 5) is 14.9. The molecule has 2 aliphatic rings. The van der Waals surface area contributed by atoms with E-state index >= 15 is 0 Å². The van der Waals surface area contributed by atoms with Crippen LogP contribution >= 0.6 is 24.0 Å². The first kappa shape index (κ1) is 25.0. The van der Waals surface area contributed by atoms with Crippen molar-refractivity contribution in [3.8, 4) is 5.75 Å². The molecular formula is C20H28N2O8S2. The highest BCUT2D eigenvalue weighted by atomic mass is 32.2. The maximum absolute atomic E-state index is 13.1. The number of nitrogens with one attached hydrogen (secondary N) is 1. The van der Waals surface area contributed by atoms with Crippen LogP contribution in [0.2, 0.25) is 0 Å². The molecule has 1 saturated heterocycles. The molecule has 2 heterocycles. The second-order valence-electron chi connectivity index (χ2n) is 7.73. The summed E-state index contributed by atoms with van der Waals surface area (Å²) in [5.74, 6) is 0.654. The van der Waals surface area contributed by atoms with Crippen LogP contribution in [0.25, 0.3) is 0 Å². The Morgan fingerprint density at radius 2 is 2.00 bits per heavy atom. The van der Waals surface area contributed by atoms with Gasteiger partial charge in [0.1, 0.15) is 40.8 Å². The number of nitrogens with zero attached hydrogens (tertiary/aromatic N) is 1. The van der Waals surface area contributed by atoms with E-state index in [2.05, 4.69) is 5.32 Å². The van der Waals surface area contributed by atoms with Crippen molar-refractivity contribution in [2.75, 3.05) is 28.8 Å². The molecule has 0 saturated carbocycles. The van der Waals surface area contributed by atoms with Crippen LogP contribution < -0.4 is 15.0 Å². The Balaban J connectivity index is 2.00. The number of para-hydroxylation sites is 1. The quantitative estimate of drug-likeness (QED) is 0.361. The van der Waals surface area contributed by atoms with E-state index in [4.69, 9.17) is 26.4 Å². The lowest BCUT2D eigenvalue weighted by atomic mass is 9.99. The number of ether oxygens (including phenoxy) is 3. The Hall–Kier alpha value is -1.67. The van der Waals surface area contributed by atoms with Crippen LogP contribution in [0.5, 0.6) is 5.75 Å². The number of fused-ring (bicyclic) bond motifs is 1. The van der Waals surface area contributed by atoms with Crippen molar-refractivity contribution in [2.24, 2.45) is 0 Å². The molecule has 0 spiro atoms. The van der Waals surface area contributed by atoms with Gasteiger partial charge in [-0.05, 0) is 32.2 Å². The lowest BCUT2D eigenvalue weighted by Gasteiger charge is -2.41. The van der Waals surface area contributed by atoms with Crippen LogP contribution in [0.3, 0.4) is 0 Å². The van der Waals surface area contributed by atoms with E-state index in [1.54, 1.807) is 32.0 Å². The number of carbonyl (C=O) groups excluding carboxylic acids is 1. The molecule has 10 nitrogen and oxygen atoms in total. The van der Waals surface area contributed by atoms with Crippen LogP contribution in [-0.4, -0.2) is 93.0 Å². The van der Waals surface area contributed by atoms with Crippen molar-refractivity contribution in [3.05, 3.63) is 18.2 Å². The summed E-state index contributed by atoms with van der Waals surface area (Å²) in [6.07, 6.45) is -6.34. The molecule has 3 rings (SSSR count). The third-order valence-corrected chi connectivity index (χ3v) is 6.08. The fourth-order valence-electron chi connectivity index (χ4n) is 3.53. The second-order valence-corrected chi connectivity index (χ2v) is 9.08. The van der Waals surface area contributed by atoms with E-state index in [0.29, 0.717) is 22.1 Å². The van der Waals surface area contributed by atoms with Gasteiger partial charge in [-0.15, -0.1) is 0 Å². The lowest BCUT2D eigenvalue weighted by molar-refractivity contribution is -0.277. The predicted octanol–water partition coefficient (Wildman–Crippen LogP) is 0.701. The minimum absolute atomic E-state index is 0.161. The monoisotopic (exact) mass is 488 g/mol. The number of rotatable bonds is 6. The molecule has 0 aliphatic carbocycles. The molecule has 12 heteroatoms. The first-order valence-corrected chi connectivity index (χ1v) is 11.9. The minimum Gasteiger partial charge on any atom is -0.460 e. The van der Waals surface area contributed by atoms with Crippen molar-refractivity contribution in [1.29, 1.82) is 0 Å². The van der Waals surface area contributed by atoms with Gasteiger partial charge in [-0.1, -0.05) is 18.3 Å². The summed E-state index contributed by atoms with van der Waals surface area (Å²) in [7, 11) is 0. The molecule has 5 N–H and O–H groups in total. The molecule has 6 atom stereocenters. The average molecular weight is 489 g/mol. The highest BCUT2D eigenvalue weighted by Gasteiger charge is 2.46. The summed E-state index contributed by atoms with van der Waals surface area (Å²) in [6, 6.07) is 4.43. The van der Waals surface area contributed by atoms with Crippen LogP contribution in [0, 0.1) is 0 Å². The number of hydrogen-bond donors (Lipinski definition) is 5. The Bertz CT molecular complexity index is 840. The number of anilines is 2. The summed E-state index contributed by atoms with van der Waals surface area (Å²) in [5, 5.41) is 43.0. The number of thioether (sulfide) groups is 1. The first-order valence-electron chi connectivity index (χ1n) is 10.1. The number of amides is 1. The molecule has 0 bridgehead atoms. The standard InChI is InChI=1S/C20H28N2O8S2/c1-9(2)28-20(27)22-11(8-32-3)18(31)21-10-5-4-6-12(14(10)22)29-19-17(26)16(25)15(24)13(7-23)30-19/h4-6,9,11,13,15-17,19,23-26H,7-8H2,1-3H3,(H,21,31)/t11-,13+,15+,16-,17+,19+/m0/s1. The van der Waals surface area contributed by atoms with Gasteiger partial charge in [0.2, 0.25) is 6.29 Å². The molecule has 2 aliphatic heterocycles. The van der Waals surface area contributed by atoms with Gasteiger partial charge in [-0.25, -0.2) is 4.79 Å². The zero-order valence-electron chi connectivity index (χ0n) is 17.9. The van der Waals surface area contributed by atoms with Crippen LogP contribution in [0.15, 0.2) is 18.2 Å². The Morgan fingerprint density at radius 3 is 2.62 bits per heavy atom. The molecule has 0 radical (unpaired) electrons. The van der Waals surface area contributed by atoms with E-state index in [0.717, 1.165) is 0 Å². The average Bonchev–Trinajstić information content (AvgIpc) is 2.74. The molecule has 178 valence electrons. The number of carbonyl (C=O) groups is 1. The van der Waals surface area contributed by atoms with Crippen molar-refractivity contribution >= 4 is 46.4 Å². The number of hydrogen-bond acceptors (Lipinski definition) is 10. The number of aliphatic hydroxyl groups is 4. The van der Waals surface area contributed by atoms with E-state index in [-0.39, 0.29) is 11.9 Å². The molecule has 1 amide bonds. The minimum atomic E-state index is -1.60. The summed E-state index contributed by atoms with van der Waals surface area (Å²) >= 11 is 6.99. The molecule has 0 unspecified atom stereocenters. The van der Waals surface area contributed by atoms with E-state index in [1.807, 2.05) is 6.26 Å². The van der Waals surface area contributed by atoms with Gasteiger partial charge in [-0.3, -0.25) is 4.90 Å². The molecular weight excluding hydrogens is 460 g/mol. The number of thiocarbonyl (C=S) groups is 1. The van der Waals surface area contributed by atoms with Crippen molar-refractivity contribution in [3.63, 3.8) is 0 Å². The van der Waals surface area contributed by atoms with Gasteiger partial charge in [0.15, 0.2) is 0 Å². The fourth-order valence-corrected chi connectivity index (χ4v) is 4.57. The molecule has 1 aromatic carbocycles. The van der Waals surface area contributed by atoms with Gasteiger partial charge in [0.25, 0.3) is 0 Å². The summed E-state index contributed by atoms with van der Waals surface area (Å²) < 4.78 is 16.8. The van der Waals surface area contributed by atoms with Crippen molar-refractivity contribution < 1.29 is 39.4 Å². The van der Waals surface area contributed by atoms with Gasteiger partial charge >= 0.3 is 6.09 Å². The topological polar surface area (TPSA) is 141 Å². The molecule has 32 heavy (non-hydrogen) atoms. The SMILES string of the molecule is CSC[C@H]1C(=S)Nc2cccc(O[C@@H]3O[C@H](CO)[C@@H](O)[C@H](O)[C@H]3O)c2N1C(=O)OC(C)C. The molecule has 0 aromatic heterocycles. The largest absolute Gasteiger partial charge is 0.460 e. The smallest absolute Gasteiger partial charge is 0.415 e. The Kier molecular flexibility index (Phi) is 8.20. The van der Waals surface area contributed by atoms with Crippen molar-refractivity contribution in [1.82, 2.24) is 0 Å². The van der Waals surface area contributed by atoms with Crippen LogP contribution in [0.1, 0.15) is 13.8 Å². The number of benzene rings is 1. The van der Waals surface area contributed by atoms with Crippen LogP contribution in [0.4, 0.5) is 16.2 Å². The maximum Gasteiger partial charge on any atom is 0.415 e. The highest BCUT2D eigenvalue weighted by Crippen LogP contribution is 2.42. The molecule has 1 fully saturated rings. The fraction of sp³-hybridized carbons (Fsp3) is 0.600. The van der Waals surface area contributed by atoms with E-state index in [1.165, 1.54) is 16.7 Å². The van der Waals surface area contributed by atoms with Crippen LogP contribution in [-0.2, 0) is 9.47 Å². The summed E-state index contributed by atoms with van der Waals surface area (Å²) in [5.41, 5.74) is 0.831. The Labute approximate surface area is 195 Å². The van der Waals surface area contributed by atoms with Crippen molar-refractivity contribution in [2.45, 2.75) is 56.7 Å². The van der Waals surface area contributed by atoms with Gasteiger partial charge < -0.3 is 40.0 Å². The zero-order valence-corrected chi connectivity index (χ0v) is 19.5. The van der Waals surface area contributed by atoms with E-state index in [9.17, 15) is 25.2 Å². The highest BCUT2D eigenvalue weighted by molar-refractivity contribution is 7.98. The predicted molar refractivity (Wildman–Crippen MR) is 123 cm³/mol. The van der Waals surface area contributed by atoms with Gasteiger partial charge in [0.05, 0.1) is 24.4 Å². The normalized spacial score (nSPS) is 30.0. The third kappa shape index (κ3) is 4.96. The third-order valence-electron chi connectivity index (χ3n) is 5.06. The maximum atomic E-state index is 13.1. The lowest BCUT2D eigenvalue weighted by Crippen LogP contribution is -2.60. The Morgan fingerprint density at radius 1 is 1.28 bits per heavy atom. The van der Waals surface area contributed by atoms with Gasteiger partial charge in [-0.2, -0.15) is 11.8 Å². The second kappa shape index (κ2) is 10.5. The first-order chi connectivity index (χ1) is 15.2. The van der Waals surface area contributed by atoms with Gasteiger partial charge in [0, 0.05) is 5.75 Å². The zero-order chi connectivity index (χ0) is 23.6. The number of aliphatic hydroxyl groups excluding tert-OH is 4.